The number of benzene rings is 2. The van der Waals surface area contributed by atoms with Gasteiger partial charge in [0.1, 0.15) is 0 Å². The van der Waals surface area contributed by atoms with Crippen LogP contribution < -0.4 is 5.32 Å². The second kappa shape index (κ2) is 7.24. The van der Waals surface area contributed by atoms with E-state index in [4.69, 9.17) is 5.26 Å². The topological polar surface area (TPSA) is 99.3 Å². The molecule has 2 aromatic rings. The fourth-order valence-corrected chi connectivity index (χ4v) is 2.14. The Kier molecular flexibility index (Phi) is 5.12. The molecule has 0 aromatic heterocycles. The first-order chi connectivity index (χ1) is 11.4. The van der Waals surface area contributed by atoms with Crippen molar-refractivity contribution in [2.24, 2.45) is 0 Å². The number of amides is 2. The summed E-state index contributed by atoms with van der Waals surface area (Å²) in [6.07, 6.45) is 0. The average Bonchev–Trinajstić information content (AvgIpc) is 2.61. The predicted molar refractivity (Wildman–Crippen MR) is 89.5 cm³/mol. The molecular formula is C17H16N4O3. The summed E-state index contributed by atoms with van der Waals surface area (Å²) in [5.41, 5.74) is 1.73. The zero-order chi connectivity index (χ0) is 17.7. The van der Waals surface area contributed by atoms with E-state index >= 15 is 0 Å². The molecular weight excluding hydrogens is 308 g/mol. The monoisotopic (exact) mass is 324 g/mol. The van der Waals surface area contributed by atoms with Crippen molar-refractivity contribution in [3.63, 3.8) is 0 Å². The fraction of sp³-hybridized carbons (Fsp3) is 0.176. The van der Waals surface area contributed by atoms with E-state index in [1.165, 1.54) is 17.0 Å². The first kappa shape index (κ1) is 17.0. The number of hydrogen-bond donors (Lipinski definition) is 1. The Morgan fingerprint density at radius 3 is 2.54 bits per heavy atom. The highest BCUT2D eigenvalue weighted by molar-refractivity contribution is 5.89. The molecule has 0 radical (unpaired) electrons. The number of nitriles is 1. The molecule has 2 rings (SSSR count). The molecule has 0 unspecified atom stereocenters. The van der Waals surface area contributed by atoms with E-state index in [9.17, 15) is 14.9 Å². The third-order valence-corrected chi connectivity index (χ3v) is 3.73. The molecule has 2 aromatic carbocycles. The first-order valence-electron chi connectivity index (χ1n) is 7.20. The van der Waals surface area contributed by atoms with Crippen LogP contribution in [0.4, 0.5) is 16.2 Å². The molecule has 0 saturated heterocycles. The highest BCUT2D eigenvalue weighted by Gasteiger charge is 2.19. The van der Waals surface area contributed by atoms with E-state index in [0.717, 1.165) is 0 Å². The molecule has 0 aliphatic heterocycles. The number of rotatable bonds is 4. The average molecular weight is 324 g/mol. The van der Waals surface area contributed by atoms with Gasteiger partial charge in [-0.3, -0.25) is 10.1 Å². The van der Waals surface area contributed by atoms with Crippen LogP contribution in [0.5, 0.6) is 0 Å². The third kappa shape index (κ3) is 3.87. The summed E-state index contributed by atoms with van der Waals surface area (Å²) in [5, 5.41) is 22.4. The number of nitrogens with zero attached hydrogens (tertiary/aromatic N) is 3. The Morgan fingerprint density at radius 2 is 1.96 bits per heavy atom. The molecule has 1 atom stereocenters. The number of nitro groups is 1. The van der Waals surface area contributed by atoms with Gasteiger partial charge in [-0.15, -0.1) is 0 Å². The summed E-state index contributed by atoms with van der Waals surface area (Å²) < 4.78 is 0. The lowest BCUT2D eigenvalue weighted by Gasteiger charge is -2.25. The maximum atomic E-state index is 12.3. The Labute approximate surface area is 139 Å². The van der Waals surface area contributed by atoms with Gasteiger partial charge >= 0.3 is 6.03 Å². The highest BCUT2D eigenvalue weighted by Crippen LogP contribution is 2.23. The number of hydrogen-bond acceptors (Lipinski definition) is 4. The van der Waals surface area contributed by atoms with Gasteiger partial charge < -0.3 is 10.2 Å². The van der Waals surface area contributed by atoms with Crippen molar-refractivity contribution in [1.82, 2.24) is 4.90 Å². The minimum absolute atomic E-state index is 0.0137. The Hall–Kier alpha value is -3.40. The quantitative estimate of drug-likeness (QED) is 0.684. The van der Waals surface area contributed by atoms with Crippen LogP contribution in [0, 0.1) is 21.4 Å². The van der Waals surface area contributed by atoms with Crippen LogP contribution in [-0.4, -0.2) is 22.9 Å². The van der Waals surface area contributed by atoms with Crippen LogP contribution >= 0.6 is 0 Å². The fourth-order valence-electron chi connectivity index (χ4n) is 2.14. The summed E-state index contributed by atoms with van der Waals surface area (Å²) in [6.45, 7) is 1.79. The van der Waals surface area contributed by atoms with Gasteiger partial charge in [-0.25, -0.2) is 4.79 Å². The summed E-state index contributed by atoms with van der Waals surface area (Å²) in [6, 6.07) is 14.0. The lowest BCUT2D eigenvalue weighted by Crippen LogP contribution is -2.33. The maximum absolute atomic E-state index is 12.3. The molecule has 0 heterocycles. The van der Waals surface area contributed by atoms with Gasteiger partial charge in [0.2, 0.25) is 0 Å². The van der Waals surface area contributed by atoms with Gasteiger partial charge in [-0.2, -0.15) is 5.26 Å². The van der Waals surface area contributed by atoms with Crippen LogP contribution in [-0.2, 0) is 0 Å². The van der Waals surface area contributed by atoms with Crippen LogP contribution in [0.3, 0.4) is 0 Å². The van der Waals surface area contributed by atoms with E-state index in [1.807, 2.05) is 6.07 Å². The Bertz CT molecular complexity index is 796. The Balaban J connectivity index is 2.10. The molecule has 7 heteroatoms. The van der Waals surface area contributed by atoms with E-state index in [0.29, 0.717) is 16.8 Å². The van der Waals surface area contributed by atoms with Crippen molar-refractivity contribution in [2.45, 2.75) is 13.0 Å². The lowest BCUT2D eigenvalue weighted by atomic mass is 10.1. The van der Waals surface area contributed by atoms with Crippen molar-refractivity contribution in [3.05, 3.63) is 69.8 Å². The SMILES string of the molecule is C[C@H](c1cccc([N+](=O)[O-])c1)N(C)C(=O)Nc1ccc(C#N)cc1. The molecule has 2 amide bonds. The maximum Gasteiger partial charge on any atom is 0.322 e. The number of nitro benzene ring substituents is 1. The van der Waals surface area contributed by atoms with E-state index < -0.39 is 4.92 Å². The summed E-state index contributed by atoms with van der Waals surface area (Å²) in [4.78, 5) is 24.2. The highest BCUT2D eigenvalue weighted by atomic mass is 16.6. The van der Waals surface area contributed by atoms with Crippen LogP contribution in [0.25, 0.3) is 0 Å². The molecule has 0 aliphatic carbocycles. The molecule has 24 heavy (non-hydrogen) atoms. The molecule has 0 aliphatic rings. The summed E-state index contributed by atoms with van der Waals surface area (Å²) in [5.74, 6) is 0. The molecule has 0 spiro atoms. The number of anilines is 1. The second-order valence-corrected chi connectivity index (χ2v) is 5.26. The molecule has 0 bridgehead atoms. The normalized spacial score (nSPS) is 11.2. The molecule has 0 saturated carbocycles. The van der Waals surface area contributed by atoms with Crippen molar-refractivity contribution >= 4 is 17.4 Å². The molecule has 7 nitrogen and oxygen atoms in total. The van der Waals surface area contributed by atoms with Crippen molar-refractivity contribution in [2.75, 3.05) is 12.4 Å². The third-order valence-electron chi connectivity index (χ3n) is 3.73. The largest absolute Gasteiger partial charge is 0.322 e. The first-order valence-corrected chi connectivity index (χ1v) is 7.20. The van der Waals surface area contributed by atoms with Crippen molar-refractivity contribution < 1.29 is 9.72 Å². The van der Waals surface area contributed by atoms with Gasteiger partial charge in [0, 0.05) is 24.9 Å². The van der Waals surface area contributed by atoms with Gasteiger partial charge in [0.15, 0.2) is 0 Å². The van der Waals surface area contributed by atoms with Crippen LogP contribution in [0.2, 0.25) is 0 Å². The number of carbonyl (C=O) groups is 1. The predicted octanol–water partition coefficient (Wildman–Crippen LogP) is 3.69. The van der Waals surface area contributed by atoms with E-state index in [2.05, 4.69) is 5.32 Å². The standard InChI is InChI=1S/C17H16N4O3/c1-12(14-4-3-5-16(10-14)21(23)24)20(2)17(22)19-15-8-6-13(11-18)7-9-15/h3-10,12H,1-2H3,(H,19,22)/t12-/m1/s1. The lowest BCUT2D eigenvalue weighted by molar-refractivity contribution is -0.384. The van der Waals surface area contributed by atoms with Gasteiger partial charge in [0.25, 0.3) is 5.69 Å². The van der Waals surface area contributed by atoms with Gasteiger partial charge in [0.05, 0.1) is 22.6 Å². The van der Waals surface area contributed by atoms with Crippen LogP contribution in [0.1, 0.15) is 24.1 Å². The smallest absolute Gasteiger partial charge is 0.321 e. The van der Waals surface area contributed by atoms with Crippen LogP contribution in [0.15, 0.2) is 48.5 Å². The summed E-state index contributed by atoms with van der Waals surface area (Å²) >= 11 is 0. The minimum atomic E-state index is -0.465. The molecule has 122 valence electrons. The van der Waals surface area contributed by atoms with E-state index in [-0.39, 0.29) is 17.8 Å². The zero-order valence-electron chi connectivity index (χ0n) is 13.3. The number of nitrogens with one attached hydrogen (secondary N) is 1. The zero-order valence-corrected chi connectivity index (χ0v) is 13.3. The van der Waals surface area contributed by atoms with Crippen molar-refractivity contribution in [1.29, 1.82) is 5.26 Å². The number of carbonyl (C=O) groups excluding carboxylic acids is 1. The molecule has 1 N–H and O–H groups in total. The number of urea groups is 1. The minimum Gasteiger partial charge on any atom is -0.321 e. The molecule has 0 fully saturated rings. The summed E-state index contributed by atoms with van der Waals surface area (Å²) in [7, 11) is 1.61. The van der Waals surface area contributed by atoms with Gasteiger partial charge in [-0.1, -0.05) is 12.1 Å². The number of non-ortho nitro benzene ring substituents is 1. The van der Waals surface area contributed by atoms with Crippen molar-refractivity contribution in [3.8, 4) is 6.07 Å². The van der Waals surface area contributed by atoms with E-state index in [1.54, 1.807) is 50.4 Å². The second-order valence-electron chi connectivity index (χ2n) is 5.26. The Morgan fingerprint density at radius 1 is 1.29 bits per heavy atom. The van der Waals surface area contributed by atoms with Gasteiger partial charge in [-0.05, 0) is 36.8 Å².